The molecule has 0 aromatic heterocycles. The summed E-state index contributed by atoms with van der Waals surface area (Å²) in [5.74, 6) is 2.41. The molecule has 0 bridgehead atoms. The summed E-state index contributed by atoms with van der Waals surface area (Å²) in [7, 11) is 0. The van der Waals surface area contributed by atoms with Gasteiger partial charge in [-0.15, -0.1) is 0 Å². The van der Waals surface area contributed by atoms with Crippen LogP contribution in [0.2, 0.25) is 0 Å². The Hall–Kier alpha value is -0.980. The van der Waals surface area contributed by atoms with Crippen LogP contribution in [0.1, 0.15) is 46.5 Å². The quantitative estimate of drug-likeness (QED) is 0.487. The molecule has 1 aliphatic rings. The fourth-order valence-electron chi connectivity index (χ4n) is 2.48. The minimum Gasteiger partial charge on any atom is -0.495 e. The molecule has 0 radical (unpaired) electrons. The molecule has 0 aromatic rings. The van der Waals surface area contributed by atoms with Crippen LogP contribution in [0.15, 0.2) is 36.1 Å². The van der Waals surface area contributed by atoms with E-state index < -0.39 is 0 Å². The minimum absolute atomic E-state index is 0.690. The van der Waals surface area contributed by atoms with E-state index in [4.69, 9.17) is 4.74 Å². The lowest BCUT2D eigenvalue weighted by Gasteiger charge is -2.27. The summed E-state index contributed by atoms with van der Waals surface area (Å²) in [6.45, 7) is 11.0. The first-order valence-electron chi connectivity index (χ1n) is 6.83. The molecule has 1 heteroatoms. The summed E-state index contributed by atoms with van der Waals surface area (Å²) in [4.78, 5) is 0. The first-order chi connectivity index (χ1) is 8.17. The van der Waals surface area contributed by atoms with Gasteiger partial charge < -0.3 is 4.74 Å². The molecule has 0 saturated heterocycles. The zero-order valence-electron chi connectivity index (χ0n) is 11.5. The molecule has 0 N–H and O–H groups in total. The van der Waals surface area contributed by atoms with Gasteiger partial charge in [0.05, 0.1) is 6.61 Å². The Bertz CT molecular complexity index is 291. The van der Waals surface area contributed by atoms with Crippen LogP contribution in [0.4, 0.5) is 0 Å². The van der Waals surface area contributed by atoms with Gasteiger partial charge in [0.1, 0.15) is 5.76 Å². The van der Waals surface area contributed by atoms with Gasteiger partial charge in [0.2, 0.25) is 0 Å². The lowest BCUT2D eigenvalue weighted by molar-refractivity contribution is 0.244. The fraction of sp³-hybridized carbons (Fsp3) is 0.625. The number of hydrogen-bond donors (Lipinski definition) is 0. The van der Waals surface area contributed by atoms with Crippen molar-refractivity contribution in [2.24, 2.45) is 11.8 Å². The summed E-state index contributed by atoms with van der Waals surface area (Å²) in [6, 6.07) is 0. The average Bonchev–Trinajstić information content (AvgIpc) is 2.32. The van der Waals surface area contributed by atoms with Gasteiger partial charge in [-0.1, -0.05) is 38.5 Å². The van der Waals surface area contributed by atoms with Crippen molar-refractivity contribution in [1.82, 2.24) is 0 Å². The first kappa shape index (κ1) is 14.1. The lowest BCUT2D eigenvalue weighted by atomic mass is 9.79. The molecule has 1 aliphatic carbocycles. The zero-order valence-corrected chi connectivity index (χ0v) is 11.5. The maximum atomic E-state index is 5.33. The molecular formula is C16H26O. The summed E-state index contributed by atoms with van der Waals surface area (Å²) >= 11 is 0. The van der Waals surface area contributed by atoms with E-state index >= 15 is 0 Å². The van der Waals surface area contributed by atoms with Crippen molar-refractivity contribution < 1.29 is 4.74 Å². The largest absolute Gasteiger partial charge is 0.495 e. The Morgan fingerprint density at radius 3 is 2.41 bits per heavy atom. The van der Waals surface area contributed by atoms with Crippen LogP contribution < -0.4 is 0 Å². The molecule has 1 fully saturated rings. The summed E-state index contributed by atoms with van der Waals surface area (Å²) in [6.07, 6.45) is 11.8. The zero-order chi connectivity index (χ0) is 12.7. The topological polar surface area (TPSA) is 9.23 Å². The van der Waals surface area contributed by atoms with Crippen LogP contribution in [0.3, 0.4) is 0 Å². The highest BCUT2D eigenvalue weighted by atomic mass is 16.5. The molecule has 1 nitrogen and oxygen atoms in total. The van der Waals surface area contributed by atoms with Gasteiger partial charge in [-0.2, -0.15) is 0 Å². The Balaban J connectivity index is 2.52. The maximum absolute atomic E-state index is 5.33. The number of hydrogen-bond acceptors (Lipinski definition) is 1. The van der Waals surface area contributed by atoms with E-state index in [1.807, 2.05) is 13.0 Å². The lowest BCUT2D eigenvalue weighted by Crippen LogP contribution is -2.13. The molecule has 96 valence electrons. The second-order valence-corrected chi connectivity index (χ2v) is 4.98. The average molecular weight is 234 g/mol. The molecular weight excluding hydrogens is 208 g/mol. The molecule has 0 spiro atoms. The van der Waals surface area contributed by atoms with Gasteiger partial charge in [0, 0.05) is 0 Å². The van der Waals surface area contributed by atoms with E-state index in [1.165, 1.54) is 31.3 Å². The third-order valence-electron chi connectivity index (χ3n) is 3.61. The van der Waals surface area contributed by atoms with Crippen molar-refractivity contribution in [2.45, 2.75) is 46.5 Å². The predicted molar refractivity (Wildman–Crippen MR) is 74.8 cm³/mol. The van der Waals surface area contributed by atoms with E-state index in [1.54, 1.807) is 0 Å². The maximum Gasteiger partial charge on any atom is 0.112 e. The molecule has 17 heavy (non-hydrogen) atoms. The van der Waals surface area contributed by atoms with Gasteiger partial charge in [0.15, 0.2) is 0 Å². The van der Waals surface area contributed by atoms with E-state index in [9.17, 15) is 0 Å². The fourth-order valence-corrected chi connectivity index (χ4v) is 2.48. The Labute approximate surface area is 106 Å². The van der Waals surface area contributed by atoms with Crippen molar-refractivity contribution in [3.8, 4) is 0 Å². The van der Waals surface area contributed by atoms with E-state index in [-0.39, 0.29) is 0 Å². The third-order valence-corrected chi connectivity index (χ3v) is 3.61. The summed E-state index contributed by atoms with van der Waals surface area (Å²) < 4.78 is 5.33. The van der Waals surface area contributed by atoms with Gasteiger partial charge in [0.25, 0.3) is 0 Å². The molecule has 0 unspecified atom stereocenters. The van der Waals surface area contributed by atoms with Crippen LogP contribution in [0, 0.1) is 11.8 Å². The van der Waals surface area contributed by atoms with Crippen LogP contribution >= 0.6 is 0 Å². The highest BCUT2D eigenvalue weighted by Crippen LogP contribution is 2.33. The van der Waals surface area contributed by atoms with Gasteiger partial charge in [-0.3, -0.25) is 0 Å². The second-order valence-electron chi connectivity index (χ2n) is 4.98. The molecule has 1 rings (SSSR count). The normalized spacial score (nSPS) is 26.2. The molecule has 1 saturated carbocycles. The first-order valence-corrected chi connectivity index (χ1v) is 6.83. The SMILES string of the molecule is C=C(/C=C\C(=C/C)C1CCC(C)CC1)OCC. The van der Waals surface area contributed by atoms with Gasteiger partial charge in [-0.25, -0.2) is 0 Å². The molecule has 0 aliphatic heterocycles. The van der Waals surface area contributed by atoms with Crippen molar-refractivity contribution in [3.05, 3.63) is 36.1 Å². The van der Waals surface area contributed by atoms with Crippen LogP contribution in [0.25, 0.3) is 0 Å². The summed E-state index contributed by atoms with van der Waals surface area (Å²) in [5.41, 5.74) is 1.44. The van der Waals surface area contributed by atoms with Crippen LogP contribution in [0.5, 0.6) is 0 Å². The predicted octanol–water partition coefficient (Wildman–Crippen LogP) is 4.87. The van der Waals surface area contributed by atoms with Gasteiger partial charge >= 0.3 is 0 Å². The molecule has 0 amide bonds. The Morgan fingerprint density at radius 1 is 1.24 bits per heavy atom. The van der Waals surface area contributed by atoms with Crippen molar-refractivity contribution in [3.63, 3.8) is 0 Å². The van der Waals surface area contributed by atoms with E-state index in [2.05, 4.69) is 32.6 Å². The Morgan fingerprint density at radius 2 is 1.88 bits per heavy atom. The van der Waals surface area contributed by atoms with Gasteiger partial charge in [-0.05, 0) is 50.2 Å². The van der Waals surface area contributed by atoms with Crippen LogP contribution in [-0.2, 0) is 4.74 Å². The number of rotatable bonds is 5. The number of ether oxygens (including phenoxy) is 1. The van der Waals surface area contributed by atoms with E-state index in [0.29, 0.717) is 6.61 Å². The van der Waals surface area contributed by atoms with Crippen LogP contribution in [-0.4, -0.2) is 6.61 Å². The highest BCUT2D eigenvalue weighted by molar-refractivity contribution is 5.26. The smallest absolute Gasteiger partial charge is 0.112 e. The molecule has 0 aromatic carbocycles. The van der Waals surface area contributed by atoms with Crippen molar-refractivity contribution >= 4 is 0 Å². The minimum atomic E-state index is 0.690. The van der Waals surface area contributed by atoms with E-state index in [0.717, 1.165) is 17.6 Å². The highest BCUT2D eigenvalue weighted by Gasteiger charge is 2.19. The monoisotopic (exact) mass is 234 g/mol. The molecule has 0 heterocycles. The van der Waals surface area contributed by atoms with Crippen molar-refractivity contribution in [2.75, 3.05) is 6.61 Å². The Kier molecular flexibility index (Phi) is 6.10. The standard InChI is InChI=1S/C16H26O/c1-5-15(12-9-14(4)17-6-2)16-10-7-13(3)8-11-16/h5,9,12-13,16H,4,6-8,10-11H2,1-3H3/b12-9-,15-5+. The number of allylic oxidation sites excluding steroid dienone is 4. The third kappa shape index (κ3) is 4.80. The van der Waals surface area contributed by atoms with Crippen molar-refractivity contribution in [1.29, 1.82) is 0 Å². The summed E-state index contributed by atoms with van der Waals surface area (Å²) in [5, 5.41) is 0. The second kappa shape index (κ2) is 7.37. The molecule has 0 atom stereocenters.